The highest BCUT2D eigenvalue weighted by Crippen LogP contribution is 2.42. The van der Waals surface area contributed by atoms with E-state index < -0.39 is 6.04 Å². The molecule has 3 aromatic carbocycles. The number of allylic oxidation sites excluding steroid dienone is 1. The maximum Gasteiger partial charge on any atom is 0.255 e. The molecule has 41 heavy (non-hydrogen) atoms. The first-order chi connectivity index (χ1) is 19.6. The quantitative estimate of drug-likeness (QED) is 0.281. The van der Waals surface area contributed by atoms with Crippen LogP contribution in [0.25, 0.3) is 11.4 Å². The zero-order valence-corrected chi connectivity index (χ0v) is 24.4. The number of nitrogens with zero attached hydrogens (tertiary/aromatic N) is 3. The molecular weight excluding hydrogens is 518 g/mol. The minimum atomic E-state index is -0.666. The molecule has 9 nitrogen and oxygen atoms in total. The van der Waals surface area contributed by atoms with E-state index >= 15 is 0 Å². The molecule has 0 saturated carbocycles. The smallest absolute Gasteiger partial charge is 0.255 e. The summed E-state index contributed by atoms with van der Waals surface area (Å²) in [7, 11) is 4.77. The van der Waals surface area contributed by atoms with Crippen LogP contribution < -0.4 is 24.8 Å². The lowest BCUT2D eigenvalue weighted by Crippen LogP contribution is -2.31. The summed E-state index contributed by atoms with van der Waals surface area (Å²) in [5.74, 6) is 2.51. The maximum absolute atomic E-state index is 14.0. The van der Waals surface area contributed by atoms with Gasteiger partial charge in [0.15, 0.2) is 5.82 Å². The van der Waals surface area contributed by atoms with E-state index in [0.29, 0.717) is 51.5 Å². The summed E-state index contributed by atoms with van der Waals surface area (Å²) in [6.07, 6.45) is 0. The summed E-state index contributed by atoms with van der Waals surface area (Å²) in [4.78, 5) is 18.8. The first kappa shape index (κ1) is 27.8. The van der Waals surface area contributed by atoms with Gasteiger partial charge in [-0.2, -0.15) is 4.98 Å². The first-order valence-corrected chi connectivity index (χ1v) is 13.4. The molecule has 1 aliphatic heterocycles. The number of hydrogen-bond donors (Lipinski definition) is 2. The molecule has 1 unspecified atom stereocenters. The number of ether oxygens (including phenoxy) is 3. The minimum absolute atomic E-state index is 0.0275. The Morgan fingerprint density at radius 3 is 2.29 bits per heavy atom. The van der Waals surface area contributed by atoms with Crippen LogP contribution in [0, 0.1) is 0 Å². The van der Waals surface area contributed by atoms with Crippen LogP contribution in [-0.2, 0) is 10.2 Å². The fourth-order valence-corrected chi connectivity index (χ4v) is 4.96. The lowest BCUT2D eigenvalue weighted by molar-refractivity contribution is -0.113. The van der Waals surface area contributed by atoms with Crippen molar-refractivity contribution in [1.82, 2.24) is 14.8 Å². The van der Waals surface area contributed by atoms with Crippen LogP contribution in [0.3, 0.4) is 0 Å². The second kappa shape index (κ2) is 11.0. The number of hydrogen-bond acceptors (Lipinski definition) is 7. The molecule has 0 radical (unpaired) electrons. The van der Waals surface area contributed by atoms with Gasteiger partial charge in [-0.1, -0.05) is 57.2 Å². The minimum Gasteiger partial charge on any atom is -0.497 e. The van der Waals surface area contributed by atoms with Gasteiger partial charge < -0.3 is 24.8 Å². The molecule has 1 aliphatic rings. The number of para-hydroxylation sites is 2. The van der Waals surface area contributed by atoms with Crippen molar-refractivity contribution >= 4 is 17.5 Å². The lowest BCUT2D eigenvalue weighted by atomic mass is 9.87. The van der Waals surface area contributed by atoms with Gasteiger partial charge in [0.1, 0.15) is 23.3 Å². The summed E-state index contributed by atoms with van der Waals surface area (Å²) >= 11 is 0. The molecule has 0 fully saturated rings. The zero-order valence-electron chi connectivity index (χ0n) is 24.4. The standard InChI is InChI=1S/C32H35N5O4/c1-19-27(30(38)34-24-10-8-9-11-26(24)41-7)28(23-18-22(39-5)16-17-25(23)40-6)37-31(33-19)35-29(36-37)20-12-14-21(15-13-20)32(2,3)4/h8-18,28H,1-7H3,(H,34,38)(H,33,35,36). The predicted molar refractivity (Wildman–Crippen MR) is 160 cm³/mol. The third-order valence-corrected chi connectivity index (χ3v) is 7.19. The topological polar surface area (TPSA) is 99.5 Å². The molecule has 0 spiro atoms. The van der Waals surface area contributed by atoms with E-state index in [-0.39, 0.29) is 11.3 Å². The lowest BCUT2D eigenvalue weighted by Gasteiger charge is -2.29. The molecule has 212 valence electrons. The molecule has 0 bridgehead atoms. The van der Waals surface area contributed by atoms with Crippen molar-refractivity contribution in [1.29, 1.82) is 0 Å². The van der Waals surface area contributed by atoms with Crippen LogP contribution in [0.4, 0.5) is 11.6 Å². The SMILES string of the molecule is COc1ccc(OC)c(C2C(C(=O)Nc3ccccc3OC)=C(C)Nc3nc(-c4ccc(C(C)(C)C)cc4)nn32)c1. The van der Waals surface area contributed by atoms with Crippen molar-refractivity contribution in [3.05, 3.63) is 89.1 Å². The van der Waals surface area contributed by atoms with E-state index in [0.717, 1.165) is 5.56 Å². The molecule has 2 heterocycles. The number of methoxy groups -OCH3 is 3. The van der Waals surface area contributed by atoms with E-state index in [9.17, 15) is 4.79 Å². The maximum atomic E-state index is 14.0. The van der Waals surface area contributed by atoms with Crippen LogP contribution in [0.15, 0.2) is 78.0 Å². The fourth-order valence-electron chi connectivity index (χ4n) is 4.96. The molecule has 5 rings (SSSR count). The van der Waals surface area contributed by atoms with Crippen LogP contribution in [-0.4, -0.2) is 42.0 Å². The average molecular weight is 554 g/mol. The number of amides is 1. The average Bonchev–Trinajstić information content (AvgIpc) is 3.39. The largest absolute Gasteiger partial charge is 0.497 e. The molecule has 2 N–H and O–H groups in total. The molecule has 1 amide bonds. The fraction of sp³-hybridized carbons (Fsp3) is 0.281. The second-order valence-electron chi connectivity index (χ2n) is 10.9. The summed E-state index contributed by atoms with van der Waals surface area (Å²) in [6, 6.07) is 20.4. The number of carbonyl (C=O) groups is 1. The highest BCUT2D eigenvalue weighted by atomic mass is 16.5. The van der Waals surface area contributed by atoms with Gasteiger partial charge in [0, 0.05) is 16.8 Å². The molecular formula is C32H35N5O4. The highest BCUT2D eigenvalue weighted by Gasteiger charge is 2.36. The van der Waals surface area contributed by atoms with Gasteiger partial charge in [-0.15, -0.1) is 5.10 Å². The van der Waals surface area contributed by atoms with Gasteiger partial charge in [0.2, 0.25) is 5.95 Å². The van der Waals surface area contributed by atoms with Crippen molar-refractivity contribution in [3.8, 4) is 28.6 Å². The van der Waals surface area contributed by atoms with E-state index in [1.165, 1.54) is 5.56 Å². The van der Waals surface area contributed by atoms with Crippen LogP contribution in [0.2, 0.25) is 0 Å². The molecule has 4 aromatic rings. The van der Waals surface area contributed by atoms with Crippen molar-refractivity contribution in [2.75, 3.05) is 32.0 Å². The Bertz CT molecular complexity index is 1620. The Morgan fingerprint density at radius 2 is 1.63 bits per heavy atom. The summed E-state index contributed by atoms with van der Waals surface area (Å²) in [5, 5.41) is 11.2. The van der Waals surface area contributed by atoms with Gasteiger partial charge in [-0.05, 0) is 48.2 Å². The summed E-state index contributed by atoms with van der Waals surface area (Å²) in [5.41, 5.74) is 4.47. The number of anilines is 2. The van der Waals surface area contributed by atoms with Gasteiger partial charge in [0.05, 0.1) is 32.6 Å². The predicted octanol–water partition coefficient (Wildman–Crippen LogP) is 6.20. The summed E-state index contributed by atoms with van der Waals surface area (Å²) < 4.78 is 18.5. The first-order valence-electron chi connectivity index (χ1n) is 13.4. The van der Waals surface area contributed by atoms with Crippen molar-refractivity contribution in [3.63, 3.8) is 0 Å². The van der Waals surface area contributed by atoms with Crippen LogP contribution in [0.5, 0.6) is 17.2 Å². The number of aromatic nitrogens is 3. The Hall–Kier alpha value is -4.79. The third-order valence-electron chi connectivity index (χ3n) is 7.19. The van der Waals surface area contributed by atoms with E-state index in [1.807, 2.05) is 49.4 Å². The molecule has 1 atom stereocenters. The van der Waals surface area contributed by atoms with Crippen molar-refractivity contribution < 1.29 is 19.0 Å². The van der Waals surface area contributed by atoms with Gasteiger partial charge in [0.25, 0.3) is 5.91 Å². The summed E-state index contributed by atoms with van der Waals surface area (Å²) in [6.45, 7) is 8.39. The van der Waals surface area contributed by atoms with E-state index in [4.69, 9.17) is 24.3 Å². The Balaban J connectivity index is 1.64. The second-order valence-corrected chi connectivity index (χ2v) is 10.9. The number of rotatable bonds is 7. The van der Waals surface area contributed by atoms with Gasteiger partial charge in [-0.25, -0.2) is 4.68 Å². The van der Waals surface area contributed by atoms with Crippen molar-refractivity contribution in [2.45, 2.75) is 39.2 Å². The monoisotopic (exact) mass is 553 g/mol. The van der Waals surface area contributed by atoms with Crippen LogP contribution >= 0.6 is 0 Å². The Labute approximate surface area is 240 Å². The van der Waals surface area contributed by atoms with Gasteiger partial charge in [-0.3, -0.25) is 4.79 Å². The number of carbonyl (C=O) groups excluding carboxylic acids is 1. The van der Waals surface area contributed by atoms with Crippen molar-refractivity contribution in [2.24, 2.45) is 0 Å². The molecule has 0 saturated heterocycles. The molecule has 1 aromatic heterocycles. The molecule has 0 aliphatic carbocycles. The molecule has 9 heteroatoms. The Morgan fingerprint density at radius 1 is 0.927 bits per heavy atom. The highest BCUT2D eigenvalue weighted by molar-refractivity contribution is 6.06. The van der Waals surface area contributed by atoms with Gasteiger partial charge >= 0.3 is 0 Å². The zero-order chi connectivity index (χ0) is 29.3. The number of nitrogens with one attached hydrogen (secondary N) is 2. The number of fused-ring (bicyclic) bond motifs is 1. The van der Waals surface area contributed by atoms with E-state index in [2.05, 4.69) is 43.5 Å². The van der Waals surface area contributed by atoms with E-state index in [1.54, 1.807) is 38.1 Å². The number of benzene rings is 3. The van der Waals surface area contributed by atoms with Crippen LogP contribution in [0.1, 0.15) is 44.9 Å². The Kier molecular flexibility index (Phi) is 7.45. The normalized spacial score (nSPS) is 14.7. The third kappa shape index (κ3) is 5.35.